The Labute approximate surface area is 204 Å². The molecule has 5 aromatic rings. The van der Waals surface area contributed by atoms with Crippen molar-refractivity contribution in [1.82, 2.24) is 14.8 Å². The largest absolute Gasteiger partial charge is 0.497 e. The summed E-state index contributed by atoms with van der Waals surface area (Å²) in [7, 11) is 1.60. The molecule has 0 unspecified atom stereocenters. The number of methoxy groups -OCH3 is 1. The average molecular weight is 492 g/mol. The highest BCUT2D eigenvalue weighted by Crippen LogP contribution is 2.42. The SMILES string of the molecule is COc1ccc(C(=O)CSc2nnc(-c3sc4ccccc4c3Cl)n2-c2ccccc2)cc1. The summed E-state index contributed by atoms with van der Waals surface area (Å²) in [5, 5.41) is 11.2. The molecule has 3 aromatic carbocycles. The molecule has 33 heavy (non-hydrogen) atoms. The molecule has 0 saturated carbocycles. The Morgan fingerprint density at radius 3 is 2.45 bits per heavy atom. The molecule has 0 bridgehead atoms. The van der Waals surface area contributed by atoms with Crippen molar-refractivity contribution in [3.8, 4) is 22.1 Å². The lowest BCUT2D eigenvalue weighted by atomic mass is 10.1. The van der Waals surface area contributed by atoms with Gasteiger partial charge in [0.2, 0.25) is 0 Å². The van der Waals surface area contributed by atoms with Gasteiger partial charge in [0, 0.05) is 21.3 Å². The monoisotopic (exact) mass is 491 g/mol. The van der Waals surface area contributed by atoms with Gasteiger partial charge in [-0.2, -0.15) is 0 Å². The number of rotatable bonds is 7. The van der Waals surface area contributed by atoms with Crippen LogP contribution < -0.4 is 4.74 Å². The van der Waals surface area contributed by atoms with Crippen molar-refractivity contribution in [2.75, 3.05) is 12.9 Å². The maximum absolute atomic E-state index is 12.8. The van der Waals surface area contributed by atoms with Crippen molar-refractivity contribution in [3.63, 3.8) is 0 Å². The zero-order valence-electron chi connectivity index (χ0n) is 17.6. The molecule has 2 aromatic heterocycles. The number of hydrogen-bond acceptors (Lipinski definition) is 6. The summed E-state index contributed by atoms with van der Waals surface area (Å²) in [6, 6.07) is 25.0. The van der Waals surface area contributed by atoms with Gasteiger partial charge in [0.1, 0.15) is 5.75 Å². The second kappa shape index (κ2) is 9.39. The van der Waals surface area contributed by atoms with Crippen LogP contribution in [0.1, 0.15) is 10.4 Å². The second-order valence-electron chi connectivity index (χ2n) is 7.16. The number of hydrogen-bond donors (Lipinski definition) is 0. The van der Waals surface area contributed by atoms with Gasteiger partial charge in [-0.05, 0) is 42.5 Å². The summed E-state index contributed by atoms with van der Waals surface area (Å²) in [4.78, 5) is 13.6. The van der Waals surface area contributed by atoms with E-state index in [1.54, 1.807) is 42.7 Å². The van der Waals surface area contributed by atoms with E-state index in [0.717, 1.165) is 20.7 Å². The Kier molecular flexibility index (Phi) is 6.17. The van der Waals surface area contributed by atoms with Gasteiger partial charge >= 0.3 is 0 Å². The Balaban J connectivity index is 1.51. The molecule has 0 fully saturated rings. The van der Waals surface area contributed by atoms with Crippen molar-refractivity contribution < 1.29 is 9.53 Å². The van der Waals surface area contributed by atoms with E-state index in [1.165, 1.54) is 11.8 Å². The van der Waals surface area contributed by atoms with Crippen LogP contribution in [0.5, 0.6) is 5.75 Å². The molecule has 0 N–H and O–H groups in total. The number of halogens is 1. The number of ketones is 1. The third kappa shape index (κ3) is 4.27. The average Bonchev–Trinajstić information content (AvgIpc) is 3.44. The summed E-state index contributed by atoms with van der Waals surface area (Å²) in [6.45, 7) is 0. The lowest BCUT2D eigenvalue weighted by molar-refractivity contribution is 0.102. The number of fused-ring (bicyclic) bond motifs is 1. The summed E-state index contributed by atoms with van der Waals surface area (Å²) >= 11 is 9.68. The predicted octanol–water partition coefficient (Wildman–Crippen LogP) is 6.79. The maximum Gasteiger partial charge on any atom is 0.196 e. The zero-order valence-corrected chi connectivity index (χ0v) is 20.0. The molecule has 0 aliphatic heterocycles. The van der Waals surface area contributed by atoms with Crippen LogP contribution in [0.15, 0.2) is 84.0 Å². The number of para-hydroxylation sites is 1. The third-order valence-electron chi connectivity index (χ3n) is 5.13. The summed E-state index contributed by atoms with van der Waals surface area (Å²) in [5.74, 6) is 1.61. The summed E-state index contributed by atoms with van der Waals surface area (Å²) in [6.07, 6.45) is 0. The fraction of sp³-hybridized carbons (Fsp3) is 0.0800. The van der Waals surface area contributed by atoms with Crippen molar-refractivity contribution in [2.45, 2.75) is 5.16 Å². The molecule has 0 aliphatic rings. The second-order valence-corrected chi connectivity index (χ2v) is 9.53. The molecule has 164 valence electrons. The van der Waals surface area contributed by atoms with Crippen molar-refractivity contribution >= 4 is 50.6 Å². The van der Waals surface area contributed by atoms with Crippen LogP contribution in [0.25, 0.3) is 26.5 Å². The molecule has 0 atom stereocenters. The van der Waals surface area contributed by atoms with Crippen molar-refractivity contribution in [2.24, 2.45) is 0 Å². The standard InChI is InChI=1S/C25H18ClN3O2S2/c1-31-18-13-11-16(12-14-18)20(30)15-32-25-28-27-24(29(25)17-7-3-2-4-8-17)23-22(26)19-9-5-6-10-21(19)33-23/h2-14H,15H2,1H3. The lowest BCUT2D eigenvalue weighted by Gasteiger charge is -2.09. The van der Waals surface area contributed by atoms with Crippen LogP contribution >= 0.6 is 34.7 Å². The van der Waals surface area contributed by atoms with E-state index in [-0.39, 0.29) is 11.5 Å². The number of ether oxygens (including phenoxy) is 1. The van der Waals surface area contributed by atoms with E-state index in [2.05, 4.69) is 10.2 Å². The molecule has 0 saturated heterocycles. The van der Waals surface area contributed by atoms with Gasteiger partial charge in [-0.15, -0.1) is 21.5 Å². The number of carbonyl (C=O) groups excluding carboxylic acids is 1. The first-order chi connectivity index (χ1) is 16.2. The van der Waals surface area contributed by atoms with Gasteiger partial charge in [0.15, 0.2) is 16.8 Å². The number of thioether (sulfide) groups is 1. The minimum Gasteiger partial charge on any atom is -0.497 e. The zero-order chi connectivity index (χ0) is 22.8. The number of benzene rings is 3. The normalized spacial score (nSPS) is 11.1. The minimum absolute atomic E-state index is 0.00621. The van der Waals surface area contributed by atoms with Crippen LogP contribution in [0.2, 0.25) is 5.02 Å². The van der Waals surface area contributed by atoms with Crippen LogP contribution in [-0.4, -0.2) is 33.4 Å². The van der Waals surface area contributed by atoms with Crippen molar-refractivity contribution in [3.05, 3.63) is 89.4 Å². The molecular formula is C25H18ClN3O2S2. The van der Waals surface area contributed by atoms with E-state index in [4.69, 9.17) is 16.3 Å². The van der Waals surface area contributed by atoms with Gasteiger partial charge in [-0.3, -0.25) is 9.36 Å². The van der Waals surface area contributed by atoms with Gasteiger partial charge in [0.05, 0.1) is 22.8 Å². The van der Waals surface area contributed by atoms with E-state index in [0.29, 0.717) is 27.3 Å². The summed E-state index contributed by atoms with van der Waals surface area (Å²) in [5.41, 5.74) is 1.53. The van der Waals surface area contributed by atoms with Crippen LogP contribution in [-0.2, 0) is 0 Å². The quantitative estimate of drug-likeness (QED) is 0.185. The minimum atomic E-state index is 0.00621. The van der Waals surface area contributed by atoms with Crippen LogP contribution in [0, 0.1) is 0 Å². The van der Waals surface area contributed by atoms with Crippen molar-refractivity contribution in [1.29, 1.82) is 0 Å². The Bertz CT molecular complexity index is 1430. The van der Waals surface area contributed by atoms with Gasteiger partial charge in [-0.1, -0.05) is 59.8 Å². The molecule has 5 nitrogen and oxygen atoms in total. The lowest BCUT2D eigenvalue weighted by Crippen LogP contribution is -2.05. The summed E-state index contributed by atoms with van der Waals surface area (Å²) < 4.78 is 8.22. The molecule has 0 aliphatic carbocycles. The number of aromatic nitrogens is 3. The van der Waals surface area contributed by atoms with Gasteiger partial charge < -0.3 is 4.74 Å². The van der Waals surface area contributed by atoms with E-state index >= 15 is 0 Å². The van der Waals surface area contributed by atoms with Crippen LogP contribution in [0.3, 0.4) is 0 Å². The molecule has 2 heterocycles. The first-order valence-electron chi connectivity index (χ1n) is 10.1. The fourth-order valence-electron chi connectivity index (χ4n) is 3.47. The fourth-order valence-corrected chi connectivity index (χ4v) is 5.81. The first kappa shape index (κ1) is 21.7. The van der Waals surface area contributed by atoms with Gasteiger partial charge in [-0.25, -0.2) is 0 Å². The van der Waals surface area contributed by atoms with Crippen LogP contribution in [0.4, 0.5) is 0 Å². The number of Topliss-reactive ketones (excluding diaryl/α,β-unsaturated/α-hetero) is 1. The molecule has 0 spiro atoms. The number of nitrogens with zero attached hydrogens (tertiary/aromatic N) is 3. The first-order valence-corrected chi connectivity index (χ1v) is 12.3. The van der Waals surface area contributed by atoms with E-state index < -0.39 is 0 Å². The molecule has 5 rings (SSSR count). The van der Waals surface area contributed by atoms with Gasteiger partial charge in [0.25, 0.3) is 0 Å². The Morgan fingerprint density at radius 2 is 1.73 bits per heavy atom. The molecular weight excluding hydrogens is 474 g/mol. The maximum atomic E-state index is 12.8. The van der Waals surface area contributed by atoms with E-state index in [9.17, 15) is 4.79 Å². The number of carbonyl (C=O) groups is 1. The number of thiophene rings is 1. The highest BCUT2D eigenvalue weighted by molar-refractivity contribution is 7.99. The topological polar surface area (TPSA) is 57.0 Å². The predicted molar refractivity (Wildman–Crippen MR) is 135 cm³/mol. The smallest absolute Gasteiger partial charge is 0.196 e. The highest BCUT2D eigenvalue weighted by Gasteiger charge is 2.22. The third-order valence-corrected chi connectivity index (χ3v) is 7.73. The highest BCUT2D eigenvalue weighted by atomic mass is 35.5. The molecule has 0 amide bonds. The Hall–Kier alpha value is -3.13. The van der Waals surface area contributed by atoms with E-state index in [1.807, 2.05) is 59.2 Å². The molecule has 8 heteroatoms. The Morgan fingerprint density at radius 1 is 1.00 bits per heavy atom. The molecule has 0 radical (unpaired) electrons.